The van der Waals surface area contributed by atoms with Crippen molar-refractivity contribution in [2.45, 2.75) is 19.1 Å². The molecule has 0 bridgehead atoms. The van der Waals surface area contributed by atoms with E-state index in [9.17, 15) is 9.59 Å². The number of carbonyl (C=O) groups is 2. The van der Waals surface area contributed by atoms with Gasteiger partial charge in [-0.15, -0.1) is 0 Å². The van der Waals surface area contributed by atoms with Crippen LogP contribution in [-0.2, 0) is 27.4 Å². The fraction of sp³-hybridized carbons (Fsp3) is 0.154. The van der Waals surface area contributed by atoms with E-state index in [1.54, 1.807) is 0 Å². The number of rotatable bonds is 8. The third-order valence-corrected chi connectivity index (χ3v) is 5.31. The van der Waals surface area contributed by atoms with Crippen LogP contribution in [-0.4, -0.2) is 24.5 Å². The molecule has 4 aromatic carbocycles. The van der Waals surface area contributed by atoms with E-state index in [1.807, 2.05) is 78.9 Å². The third-order valence-electron chi connectivity index (χ3n) is 5.31. The third kappa shape index (κ3) is 4.90. The number of carbonyl (C=O) groups excluding carboxylic acids is 2. The first-order valence-corrected chi connectivity index (χ1v) is 10.2. The second-order valence-electron chi connectivity index (χ2n) is 7.50. The first kappa shape index (κ1) is 20.6. The van der Waals surface area contributed by atoms with Gasteiger partial charge in [-0.2, -0.15) is 0 Å². The summed E-state index contributed by atoms with van der Waals surface area (Å²) in [5, 5.41) is 6.99. The number of nitrogens with two attached hydrogens (primary N) is 1. The molecular weight excluding hydrogens is 388 g/mol. The maximum absolute atomic E-state index is 12.4. The number of amides is 2. The van der Waals surface area contributed by atoms with Crippen LogP contribution in [0.3, 0.4) is 0 Å². The molecule has 5 heteroatoms. The number of ether oxygens (including phenoxy) is 1. The SMILES string of the molecule is NC(=O)[C@@H](Cc1c2ccccc2cc2ccccc12)NC(=O)COCc1ccccc1. The molecule has 0 aliphatic rings. The van der Waals surface area contributed by atoms with Gasteiger partial charge in [0, 0.05) is 6.42 Å². The Balaban J connectivity index is 1.52. The number of hydrogen-bond donors (Lipinski definition) is 2. The van der Waals surface area contributed by atoms with E-state index < -0.39 is 11.9 Å². The quantitative estimate of drug-likeness (QED) is 0.433. The Morgan fingerprint density at radius 3 is 2.03 bits per heavy atom. The fourth-order valence-electron chi connectivity index (χ4n) is 3.83. The first-order chi connectivity index (χ1) is 15.1. The van der Waals surface area contributed by atoms with E-state index in [1.165, 1.54) is 0 Å². The van der Waals surface area contributed by atoms with Crippen molar-refractivity contribution in [2.75, 3.05) is 6.61 Å². The van der Waals surface area contributed by atoms with Crippen molar-refractivity contribution >= 4 is 33.4 Å². The van der Waals surface area contributed by atoms with Crippen LogP contribution in [0.4, 0.5) is 0 Å². The zero-order valence-corrected chi connectivity index (χ0v) is 17.1. The van der Waals surface area contributed by atoms with E-state index in [0.717, 1.165) is 32.7 Å². The van der Waals surface area contributed by atoms with Crippen molar-refractivity contribution in [3.63, 3.8) is 0 Å². The normalized spacial score (nSPS) is 12.0. The zero-order valence-electron chi connectivity index (χ0n) is 17.1. The van der Waals surface area contributed by atoms with Crippen LogP contribution >= 0.6 is 0 Å². The predicted octanol–water partition coefficient (Wildman–Crippen LogP) is 3.72. The molecule has 0 saturated carbocycles. The molecule has 5 nitrogen and oxygen atoms in total. The Labute approximate surface area is 180 Å². The van der Waals surface area contributed by atoms with Crippen LogP contribution in [0.15, 0.2) is 84.9 Å². The van der Waals surface area contributed by atoms with Gasteiger partial charge in [-0.25, -0.2) is 0 Å². The summed E-state index contributed by atoms with van der Waals surface area (Å²) in [5.74, 6) is -0.947. The summed E-state index contributed by atoms with van der Waals surface area (Å²) in [6.07, 6.45) is 0.307. The molecule has 0 aliphatic heterocycles. The molecule has 0 saturated heterocycles. The molecular formula is C26H24N2O3. The van der Waals surface area contributed by atoms with Gasteiger partial charge in [-0.3, -0.25) is 9.59 Å². The Kier molecular flexibility index (Phi) is 6.24. The summed E-state index contributed by atoms with van der Waals surface area (Å²) >= 11 is 0. The molecule has 4 rings (SSSR count). The van der Waals surface area contributed by atoms with Crippen molar-refractivity contribution in [2.24, 2.45) is 5.73 Å². The predicted molar refractivity (Wildman–Crippen MR) is 122 cm³/mol. The minimum absolute atomic E-state index is 0.144. The molecule has 0 spiro atoms. The van der Waals surface area contributed by atoms with Gasteiger partial charge < -0.3 is 15.8 Å². The smallest absolute Gasteiger partial charge is 0.246 e. The lowest BCUT2D eigenvalue weighted by molar-refractivity contribution is -0.130. The van der Waals surface area contributed by atoms with E-state index in [2.05, 4.69) is 11.4 Å². The Hall–Kier alpha value is -3.70. The van der Waals surface area contributed by atoms with Crippen molar-refractivity contribution in [1.29, 1.82) is 0 Å². The first-order valence-electron chi connectivity index (χ1n) is 10.2. The molecule has 3 N–H and O–H groups in total. The van der Waals surface area contributed by atoms with E-state index in [-0.39, 0.29) is 12.5 Å². The summed E-state index contributed by atoms with van der Waals surface area (Å²) < 4.78 is 5.49. The number of benzene rings is 4. The number of fused-ring (bicyclic) bond motifs is 2. The van der Waals surface area contributed by atoms with Crippen LogP contribution in [0, 0.1) is 0 Å². The van der Waals surface area contributed by atoms with Gasteiger partial charge in [-0.05, 0) is 38.7 Å². The fourth-order valence-corrected chi connectivity index (χ4v) is 3.83. The van der Waals surface area contributed by atoms with E-state index >= 15 is 0 Å². The van der Waals surface area contributed by atoms with Crippen LogP contribution < -0.4 is 11.1 Å². The molecule has 0 heterocycles. The minimum Gasteiger partial charge on any atom is -0.368 e. The monoisotopic (exact) mass is 412 g/mol. The Morgan fingerprint density at radius 2 is 1.42 bits per heavy atom. The average molecular weight is 412 g/mol. The summed E-state index contributed by atoms with van der Waals surface area (Å²) in [6, 6.07) is 26.9. The largest absolute Gasteiger partial charge is 0.368 e. The van der Waals surface area contributed by atoms with Gasteiger partial charge in [0.1, 0.15) is 12.6 Å². The maximum Gasteiger partial charge on any atom is 0.246 e. The van der Waals surface area contributed by atoms with Gasteiger partial charge in [0.2, 0.25) is 11.8 Å². The van der Waals surface area contributed by atoms with Crippen molar-refractivity contribution in [1.82, 2.24) is 5.32 Å². The van der Waals surface area contributed by atoms with Crippen LogP contribution in [0.1, 0.15) is 11.1 Å². The molecule has 1 atom stereocenters. The lowest BCUT2D eigenvalue weighted by Crippen LogP contribution is -2.47. The minimum atomic E-state index is -0.831. The highest BCUT2D eigenvalue weighted by atomic mass is 16.5. The van der Waals surface area contributed by atoms with Crippen LogP contribution in [0.2, 0.25) is 0 Å². The Morgan fingerprint density at radius 1 is 0.839 bits per heavy atom. The molecule has 156 valence electrons. The number of hydrogen-bond acceptors (Lipinski definition) is 3. The standard InChI is InChI=1S/C26H24N2O3/c27-26(30)24(28-25(29)17-31-16-18-8-2-1-3-9-18)15-23-21-12-6-4-10-19(21)14-20-11-5-7-13-22(20)23/h1-14,24H,15-17H2,(H2,27,30)(H,28,29)/t24-/m1/s1. The topological polar surface area (TPSA) is 81.4 Å². The summed E-state index contributed by atoms with van der Waals surface area (Å²) in [5.41, 5.74) is 7.61. The molecule has 31 heavy (non-hydrogen) atoms. The molecule has 0 aromatic heterocycles. The highest BCUT2D eigenvalue weighted by molar-refractivity contribution is 6.03. The highest BCUT2D eigenvalue weighted by Crippen LogP contribution is 2.29. The lowest BCUT2D eigenvalue weighted by atomic mass is 9.92. The lowest BCUT2D eigenvalue weighted by Gasteiger charge is -2.19. The summed E-state index contributed by atoms with van der Waals surface area (Å²) in [7, 11) is 0. The average Bonchev–Trinajstić information content (AvgIpc) is 2.79. The molecule has 0 unspecified atom stereocenters. The summed E-state index contributed by atoms with van der Waals surface area (Å²) in [6.45, 7) is 0.179. The van der Waals surface area contributed by atoms with Crippen LogP contribution in [0.5, 0.6) is 0 Å². The molecule has 4 aromatic rings. The Bertz CT molecular complexity index is 1170. The molecule has 0 fully saturated rings. The van der Waals surface area contributed by atoms with Gasteiger partial charge in [0.15, 0.2) is 0 Å². The van der Waals surface area contributed by atoms with Crippen molar-refractivity contribution < 1.29 is 14.3 Å². The number of primary amides is 1. The highest BCUT2D eigenvalue weighted by Gasteiger charge is 2.21. The van der Waals surface area contributed by atoms with Gasteiger partial charge >= 0.3 is 0 Å². The molecule has 2 amide bonds. The molecule has 0 aliphatic carbocycles. The molecule has 0 radical (unpaired) electrons. The van der Waals surface area contributed by atoms with E-state index in [4.69, 9.17) is 10.5 Å². The van der Waals surface area contributed by atoms with Crippen molar-refractivity contribution in [3.05, 3.63) is 96.1 Å². The van der Waals surface area contributed by atoms with Gasteiger partial charge in [0.05, 0.1) is 6.61 Å². The van der Waals surface area contributed by atoms with Crippen molar-refractivity contribution in [3.8, 4) is 0 Å². The summed E-state index contributed by atoms with van der Waals surface area (Å²) in [4.78, 5) is 24.6. The second kappa shape index (κ2) is 9.41. The van der Waals surface area contributed by atoms with Gasteiger partial charge in [0.25, 0.3) is 0 Å². The zero-order chi connectivity index (χ0) is 21.6. The maximum atomic E-state index is 12.4. The van der Waals surface area contributed by atoms with Gasteiger partial charge in [-0.1, -0.05) is 78.9 Å². The number of nitrogens with one attached hydrogen (secondary N) is 1. The van der Waals surface area contributed by atoms with Crippen LogP contribution in [0.25, 0.3) is 21.5 Å². The second-order valence-corrected chi connectivity index (χ2v) is 7.50. The van der Waals surface area contributed by atoms with E-state index in [0.29, 0.717) is 13.0 Å².